The van der Waals surface area contributed by atoms with Crippen molar-refractivity contribution >= 4 is 34.3 Å². The van der Waals surface area contributed by atoms with Crippen LogP contribution in [0.5, 0.6) is 0 Å². The molecule has 0 N–H and O–H groups in total. The first-order chi connectivity index (χ1) is 14.2. The van der Waals surface area contributed by atoms with Crippen molar-refractivity contribution < 1.29 is 9.53 Å². The maximum atomic E-state index is 13.0. The predicted octanol–water partition coefficient (Wildman–Crippen LogP) is 3.58. The molecule has 1 heterocycles. The van der Waals surface area contributed by atoms with E-state index in [0.29, 0.717) is 42.2 Å². The van der Waals surface area contributed by atoms with Crippen molar-refractivity contribution in [3.63, 3.8) is 0 Å². The molecule has 0 aliphatic heterocycles. The summed E-state index contributed by atoms with van der Waals surface area (Å²) in [7, 11) is 1.64. The average molecular weight is 412 g/mol. The number of anilines is 1. The van der Waals surface area contributed by atoms with E-state index in [2.05, 4.69) is 4.98 Å². The topological polar surface area (TPSA) is 64.4 Å². The van der Waals surface area contributed by atoms with Gasteiger partial charge in [0, 0.05) is 32.5 Å². The van der Waals surface area contributed by atoms with E-state index in [9.17, 15) is 9.59 Å². The minimum atomic E-state index is -0.0861. The fourth-order valence-electron chi connectivity index (χ4n) is 3.14. The molecule has 2 aromatic carbocycles. The second kappa shape index (κ2) is 10.2. The summed E-state index contributed by atoms with van der Waals surface area (Å²) in [6.07, 6.45) is 0.697. The molecule has 0 fully saturated rings. The molecule has 7 heteroatoms. The average Bonchev–Trinajstić information content (AvgIpc) is 2.75. The number of rotatable bonds is 9. The minimum absolute atomic E-state index is 0.0189. The lowest BCUT2D eigenvalue weighted by Crippen LogP contribution is -2.32. The Labute approximate surface area is 174 Å². The second-order valence-corrected chi connectivity index (χ2v) is 7.42. The number of carbonyl (C=O) groups excluding carboxylic acids is 1. The number of benzene rings is 2. The summed E-state index contributed by atoms with van der Waals surface area (Å²) in [4.78, 5) is 32.2. The van der Waals surface area contributed by atoms with Crippen LogP contribution in [-0.4, -0.2) is 41.5 Å². The van der Waals surface area contributed by atoms with Crippen LogP contribution < -0.4 is 10.5 Å². The highest BCUT2D eigenvalue weighted by Crippen LogP contribution is 2.21. The SMILES string of the molecule is CCN(C(=O)CSc1nc2ccccc2c(=O)n1CCCOC)c1ccccc1. The lowest BCUT2D eigenvalue weighted by molar-refractivity contribution is -0.116. The summed E-state index contributed by atoms with van der Waals surface area (Å²) >= 11 is 1.30. The number of hydrogen-bond acceptors (Lipinski definition) is 5. The molecule has 0 aliphatic carbocycles. The van der Waals surface area contributed by atoms with Gasteiger partial charge in [-0.1, -0.05) is 42.1 Å². The highest BCUT2D eigenvalue weighted by atomic mass is 32.2. The van der Waals surface area contributed by atoms with Gasteiger partial charge < -0.3 is 9.64 Å². The molecule has 0 atom stereocenters. The summed E-state index contributed by atoms with van der Waals surface area (Å²) < 4.78 is 6.77. The smallest absolute Gasteiger partial charge is 0.262 e. The van der Waals surface area contributed by atoms with Gasteiger partial charge in [-0.3, -0.25) is 14.2 Å². The number of ether oxygens (including phenoxy) is 1. The molecule has 0 bridgehead atoms. The van der Waals surface area contributed by atoms with Crippen LogP contribution >= 0.6 is 11.8 Å². The van der Waals surface area contributed by atoms with Crippen molar-refractivity contribution in [3.05, 3.63) is 65.0 Å². The third-order valence-corrected chi connectivity index (χ3v) is 5.53. The molecular formula is C22H25N3O3S. The molecular weight excluding hydrogens is 386 g/mol. The summed E-state index contributed by atoms with van der Waals surface area (Å²) in [5, 5.41) is 1.14. The molecule has 3 rings (SSSR count). The zero-order valence-corrected chi connectivity index (χ0v) is 17.5. The van der Waals surface area contributed by atoms with Crippen molar-refractivity contribution in [1.29, 1.82) is 0 Å². The number of fused-ring (bicyclic) bond motifs is 1. The maximum Gasteiger partial charge on any atom is 0.262 e. The maximum absolute atomic E-state index is 13.0. The van der Waals surface area contributed by atoms with E-state index in [1.54, 1.807) is 22.6 Å². The molecule has 3 aromatic rings. The Morgan fingerprint density at radius 2 is 1.86 bits per heavy atom. The van der Waals surface area contributed by atoms with Gasteiger partial charge >= 0.3 is 0 Å². The summed E-state index contributed by atoms with van der Waals surface area (Å²) in [5.41, 5.74) is 1.42. The fraction of sp³-hybridized carbons (Fsp3) is 0.318. The molecule has 0 unspecified atom stereocenters. The predicted molar refractivity (Wildman–Crippen MR) is 118 cm³/mol. The standard InChI is InChI=1S/C22H25N3O3S/c1-3-24(17-10-5-4-6-11-17)20(26)16-29-22-23-19-13-8-7-12-18(19)21(27)25(22)14-9-15-28-2/h4-8,10-13H,3,9,14-16H2,1-2H3. The number of para-hydroxylation sites is 2. The van der Waals surface area contributed by atoms with Crippen molar-refractivity contribution in [1.82, 2.24) is 9.55 Å². The Balaban J connectivity index is 1.85. The van der Waals surface area contributed by atoms with E-state index in [1.165, 1.54) is 11.8 Å². The Morgan fingerprint density at radius 1 is 1.14 bits per heavy atom. The molecule has 0 aliphatic rings. The first-order valence-corrected chi connectivity index (χ1v) is 10.6. The van der Waals surface area contributed by atoms with Gasteiger partial charge in [-0.25, -0.2) is 4.98 Å². The highest BCUT2D eigenvalue weighted by molar-refractivity contribution is 7.99. The summed E-state index contributed by atoms with van der Waals surface area (Å²) in [6, 6.07) is 16.9. The monoisotopic (exact) mass is 411 g/mol. The van der Waals surface area contributed by atoms with Crippen LogP contribution in [0.25, 0.3) is 10.9 Å². The van der Waals surface area contributed by atoms with Gasteiger partial charge in [-0.2, -0.15) is 0 Å². The first-order valence-electron chi connectivity index (χ1n) is 9.62. The van der Waals surface area contributed by atoms with Crippen molar-refractivity contribution in [3.8, 4) is 0 Å². The molecule has 1 aromatic heterocycles. The Morgan fingerprint density at radius 3 is 2.59 bits per heavy atom. The normalized spacial score (nSPS) is 11.0. The van der Waals surface area contributed by atoms with Gasteiger partial charge in [0.05, 0.1) is 16.7 Å². The molecule has 0 saturated carbocycles. The van der Waals surface area contributed by atoms with Gasteiger partial charge in [0.2, 0.25) is 5.91 Å². The van der Waals surface area contributed by atoms with E-state index in [-0.39, 0.29) is 17.2 Å². The van der Waals surface area contributed by atoms with Gasteiger partial charge in [0.1, 0.15) is 0 Å². The second-order valence-electron chi connectivity index (χ2n) is 6.48. The van der Waals surface area contributed by atoms with E-state index in [0.717, 1.165) is 5.69 Å². The van der Waals surface area contributed by atoms with Crippen molar-refractivity contribution in [2.45, 2.75) is 25.0 Å². The largest absolute Gasteiger partial charge is 0.385 e. The number of nitrogens with zero attached hydrogens (tertiary/aromatic N) is 3. The van der Waals surface area contributed by atoms with Crippen LogP contribution in [-0.2, 0) is 16.1 Å². The van der Waals surface area contributed by atoms with Crippen LogP contribution in [0.15, 0.2) is 64.5 Å². The zero-order chi connectivity index (χ0) is 20.6. The van der Waals surface area contributed by atoms with E-state index < -0.39 is 0 Å². The third kappa shape index (κ3) is 5.05. The van der Waals surface area contributed by atoms with Gasteiger partial charge in [0.15, 0.2) is 5.16 Å². The lowest BCUT2D eigenvalue weighted by Gasteiger charge is -2.21. The molecule has 0 saturated heterocycles. The lowest BCUT2D eigenvalue weighted by atomic mass is 10.2. The van der Waals surface area contributed by atoms with Crippen molar-refractivity contribution in [2.24, 2.45) is 0 Å². The zero-order valence-electron chi connectivity index (χ0n) is 16.7. The third-order valence-electron chi connectivity index (χ3n) is 4.57. The minimum Gasteiger partial charge on any atom is -0.385 e. The number of thioether (sulfide) groups is 1. The Kier molecular flexibility index (Phi) is 7.43. The Bertz CT molecular complexity index is 1020. The number of hydrogen-bond donors (Lipinski definition) is 0. The molecule has 0 radical (unpaired) electrons. The van der Waals surface area contributed by atoms with E-state index in [4.69, 9.17) is 4.74 Å². The van der Waals surface area contributed by atoms with Crippen LogP contribution in [0.4, 0.5) is 5.69 Å². The van der Waals surface area contributed by atoms with Crippen LogP contribution in [0, 0.1) is 0 Å². The number of carbonyl (C=O) groups is 1. The molecule has 1 amide bonds. The molecule has 29 heavy (non-hydrogen) atoms. The van der Waals surface area contributed by atoms with Crippen LogP contribution in [0.3, 0.4) is 0 Å². The van der Waals surface area contributed by atoms with Crippen LogP contribution in [0.1, 0.15) is 13.3 Å². The summed E-state index contributed by atoms with van der Waals surface area (Å²) in [6.45, 7) is 3.58. The molecule has 6 nitrogen and oxygen atoms in total. The first kappa shape index (κ1) is 21.1. The highest BCUT2D eigenvalue weighted by Gasteiger charge is 2.17. The molecule has 152 valence electrons. The number of methoxy groups -OCH3 is 1. The number of aromatic nitrogens is 2. The number of amides is 1. The van der Waals surface area contributed by atoms with E-state index >= 15 is 0 Å². The summed E-state index contributed by atoms with van der Waals surface area (Å²) in [5.74, 6) is 0.187. The van der Waals surface area contributed by atoms with E-state index in [1.807, 2.05) is 55.5 Å². The van der Waals surface area contributed by atoms with Gasteiger partial charge in [0.25, 0.3) is 5.56 Å². The Hall–Kier alpha value is -2.64. The molecule has 0 spiro atoms. The van der Waals surface area contributed by atoms with Crippen molar-refractivity contribution in [2.75, 3.05) is 30.9 Å². The van der Waals surface area contributed by atoms with Gasteiger partial charge in [-0.15, -0.1) is 0 Å². The van der Waals surface area contributed by atoms with Gasteiger partial charge in [-0.05, 0) is 37.6 Å². The van der Waals surface area contributed by atoms with Crippen LogP contribution in [0.2, 0.25) is 0 Å². The fourth-order valence-corrected chi connectivity index (χ4v) is 4.04. The quantitative estimate of drug-likeness (QED) is 0.306.